The predicted octanol–water partition coefficient (Wildman–Crippen LogP) is 2.50. The van der Waals surface area contributed by atoms with Gasteiger partial charge in [-0.2, -0.15) is 0 Å². The Balaban J connectivity index is 1.92. The number of anilines is 1. The van der Waals surface area contributed by atoms with Gasteiger partial charge in [0, 0.05) is 13.6 Å². The zero-order valence-electron chi connectivity index (χ0n) is 11.6. The van der Waals surface area contributed by atoms with E-state index in [1.165, 1.54) is 32.1 Å². The molecule has 1 aromatic heterocycles. The van der Waals surface area contributed by atoms with Crippen LogP contribution in [-0.4, -0.2) is 35.5 Å². The van der Waals surface area contributed by atoms with Crippen molar-refractivity contribution in [2.75, 3.05) is 25.1 Å². The normalized spacial score (nSPS) is 16.9. The van der Waals surface area contributed by atoms with Crippen LogP contribution < -0.4 is 4.90 Å². The standard InChI is InChI=1S/C15H23N3O/c1-18(11-12-19)15-10-9-14(16-17-15)8-7-13-5-3-2-4-6-13/h7-10,13,19H,2-6,11-12H2,1H3/b8-7+. The molecular weight excluding hydrogens is 238 g/mol. The maximum Gasteiger partial charge on any atom is 0.151 e. The lowest BCUT2D eigenvalue weighted by molar-refractivity contribution is 0.303. The lowest BCUT2D eigenvalue weighted by Crippen LogP contribution is -2.22. The Morgan fingerprint density at radius 3 is 2.68 bits per heavy atom. The van der Waals surface area contributed by atoms with E-state index in [4.69, 9.17) is 5.11 Å². The molecule has 0 amide bonds. The van der Waals surface area contributed by atoms with Gasteiger partial charge < -0.3 is 10.0 Å². The molecule has 1 aliphatic rings. The number of likely N-dealkylation sites (N-methyl/N-ethyl adjacent to an activating group) is 1. The monoisotopic (exact) mass is 261 g/mol. The first-order valence-electron chi connectivity index (χ1n) is 7.13. The first-order valence-corrected chi connectivity index (χ1v) is 7.13. The van der Waals surface area contributed by atoms with E-state index in [1.54, 1.807) is 0 Å². The highest BCUT2D eigenvalue weighted by atomic mass is 16.3. The summed E-state index contributed by atoms with van der Waals surface area (Å²) >= 11 is 0. The van der Waals surface area contributed by atoms with Gasteiger partial charge in [-0.1, -0.05) is 25.3 Å². The summed E-state index contributed by atoms with van der Waals surface area (Å²) < 4.78 is 0. The summed E-state index contributed by atoms with van der Waals surface area (Å²) in [5.41, 5.74) is 0.909. The van der Waals surface area contributed by atoms with Gasteiger partial charge >= 0.3 is 0 Å². The lowest BCUT2D eigenvalue weighted by atomic mass is 9.89. The van der Waals surface area contributed by atoms with Gasteiger partial charge in [0.2, 0.25) is 0 Å². The van der Waals surface area contributed by atoms with Crippen molar-refractivity contribution in [3.63, 3.8) is 0 Å². The Kier molecular flexibility index (Phi) is 5.33. The molecule has 0 aliphatic heterocycles. The van der Waals surface area contributed by atoms with Crippen molar-refractivity contribution in [1.29, 1.82) is 0 Å². The molecule has 19 heavy (non-hydrogen) atoms. The zero-order valence-corrected chi connectivity index (χ0v) is 11.6. The largest absolute Gasteiger partial charge is 0.395 e. The van der Waals surface area contributed by atoms with Crippen LogP contribution in [0.15, 0.2) is 18.2 Å². The van der Waals surface area contributed by atoms with E-state index < -0.39 is 0 Å². The summed E-state index contributed by atoms with van der Waals surface area (Å²) in [4.78, 5) is 1.89. The van der Waals surface area contributed by atoms with Gasteiger partial charge in [-0.25, -0.2) is 0 Å². The molecule has 1 saturated carbocycles. The van der Waals surface area contributed by atoms with E-state index in [9.17, 15) is 0 Å². The number of aliphatic hydroxyl groups is 1. The molecule has 0 unspecified atom stereocenters. The quantitative estimate of drug-likeness (QED) is 0.884. The number of allylic oxidation sites excluding steroid dienone is 1. The maximum absolute atomic E-state index is 8.88. The topological polar surface area (TPSA) is 49.2 Å². The molecule has 1 fully saturated rings. The van der Waals surface area contributed by atoms with E-state index in [0.717, 1.165) is 11.5 Å². The molecule has 104 valence electrons. The summed E-state index contributed by atoms with van der Waals surface area (Å²) in [7, 11) is 1.90. The van der Waals surface area contributed by atoms with Crippen molar-refractivity contribution < 1.29 is 5.11 Å². The van der Waals surface area contributed by atoms with Crippen molar-refractivity contribution in [2.45, 2.75) is 32.1 Å². The van der Waals surface area contributed by atoms with Crippen molar-refractivity contribution >= 4 is 11.9 Å². The molecular formula is C15H23N3O. The smallest absolute Gasteiger partial charge is 0.151 e. The van der Waals surface area contributed by atoms with Crippen molar-refractivity contribution in [3.8, 4) is 0 Å². The third-order valence-corrected chi connectivity index (χ3v) is 3.69. The summed E-state index contributed by atoms with van der Waals surface area (Å²) in [6.45, 7) is 0.702. The van der Waals surface area contributed by atoms with Gasteiger partial charge in [0.15, 0.2) is 5.82 Å². The van der Waals surface area contributed by atoms with E-state index in [2.05, 4.69) is 22.3 Å². The summed E-state index contributed by atoms with van der Waals surface area (Å²) in [6.07, 6.45) is 11.1. The van der Waals surface area contributed by atoms with Crippen LogP contribution >= 0.6 is 0 Å². The van der Waals surface area contributed by atoms with Gasteiger partial charge in [-0.15, -0.1) is 10.2 Å². The van der Waals surface area contributed by atoms with Gasteiger partial charge in [0.05, 0.1) is 12.3 Å². The van der Waals surface area contributed by atoms with E-state index >= 15 is 0 Å². The van der Waals surface area contributed by atoms with Gasteiger partial charge in [-0.05, 0) is 37.0 Å². The van der Waals surface area contributed by atoms with Gasteiger partial charge in [0.25, 0.3) is 0 Å². The lowest BCUT2D eigenvalue weighted by Gasteiger charge is -2.17. The minimum Gasteiger partial charge on any atom is -0.395 e. The molecule has 0 saturated heterocycles. The number of hydrogen-bond donors (Lipinski definition) is 1. The fourth-order valence-electron chi connectivity index (χ4n) is 2.45. The number of aromatic nitrogens is 2. The predicted molar refractivity (Wildman–Crippen MR) is 78.0 cm³/mol. The maximum atomic E-state index is 8.88. The molecule has 0 radical (unpaired) electrons. The number of aliphatic hydroxyl groups excluding tert-OH is 1. The van der Waals surface area contributed by atoms with Crippen LogP contribution in [-0.2, 0) is 0 Å². The Morgan fingerprint density at radius 1 is 1.26 bits per heavy atom. The third kappa shape index (κ3) is 4.31. The number of hydrogen-bond acceptors (Lipinski definition) is 4. The van der Waals surface area contributed by atoms with Crippen molar-refractivity contribution in [3.05, 3.63) is 23.9 Å². The number of nitrogens with zero attached hydrogens (tertiary/aromatic N) is 3. The van der Waals surface area contributed by atoms with Crippen LogP contribution in [0.2, 0.25) is 0 Å². The highest BCUT2D eigenvalue weighted by molar-refractivity contribution is 5.47. The minimum atomic E-state index is 0.127. The second kappa shape index (κ2) is 7.24. The summed E-state index contributed by atoms with van der Waals surface area (Å²) in [6, 6.07) is 3.93. The molecule has 0 atom stereocenters. The van der Waals surface area contributed by atoms with Crippen LogP contribution in [0.1, 0.15) is 37.8 Å². The molecule has 2 rings (SSSR count). The molecule has 4 nitrogen and oxygen atoms in total. The second-order valence-corrected chi connectivity index (χ2v) is 5.22. The fourth-order valence-corrected chi connectivity index (χ4v) is 2.45. The summed E-state index contributed by atoms with van der Waals surface area (Å²) in [5.74, 6) is 1.51. The van der Waals surface area contributed by atoms with Crippen LogP contribution in [0.25, 0.3) is 6.08 Å². The van der Waals surface area contributed by atoms with Crippen LogP contribution in [0.5, 0.6) is 0 Å². The average Bonchev–Trinajstić information content (AvgIpc) is 2.47. The van der Waals surface area contributed by atoms with Crippen molar-refractivity contribution in [1.82, 2.24) is 10.2 Å². The molecule has 1 N–H and O–H groups in total. The molecule has 1 aliphatic carbocycles. The average molecular weight is 261 g/mol. The zero-order chi connectivity index (χ0) is 13.5. The van der Waals surface area contributed by atoms with Crippen LogP contribution in [0, 0.1) is 5.92 Å². The fraction of sp³-hybridized carbons (Fsp3) is 0.600. The SMILES string of the molecule is CN(CCO)c1ccc(/C=C/C2CCCCC2)nn1. The molecule has 0 aromatic carbocycles. The second-order valence-electron chi connectivity index (χ2n) is 5.22. The molecule has 0 bridgehead atoms. The molecule has 1 heterocycles. The molecule has 4 heteroatoms. The molecule has 0 spiro atoms. The summed E-state index contributed by atoms with van der Waals surface area (Å²) in [5, 5.41) is 17.3. The molecule has 1 aromatic rings. The Bertz CT molecular complexity index is 396. The highest BCUT2D eigenvalue weighted by Crippen LogP contribution is 2.25. The minimum absolute atomic E-state index is 0.127. The Hall–Kier alpha value is -1.42. The Labute approximate surface area is 115 Å². The van der Waals surface area contributed by atoms with Gasteiger partial charge in [-0.3, -0.25) is 0 Å². The third-order valence-electron chi connectivity index (χ3n) is 3.69. The highest BCUT2D eigenvalue weighted by Gasteiger charge is 2.09. The first kappa shape index (κ1) is 14.0. The van der Waals surface area contributed by atoms with Crippen molar-refractivity contribution in [2.24, 2.45) is 5.92 Å². The van der Waals surface area contributed by atoms with E-state index in [0.29, 0.717) is 12.5 Å². The van der Waals surface area contributed by atoms with E-state index in [1.807, 2.05) is 24.1 Å². The first-order chi connectivity index (χ1) is 9.29. The van der Waals surface area contributed by atoms with Crippen LogP contribution in [0.3, 0.4) is 0 Å². The Morgan fingerprint density at radius 2 is 2.05 bits per heavy atom. The number of rotatable bonds is 5. The van der Waals surface area contributed by atoms with E-state index in [-0.39, 0.29) is 6.61 Å². The van der Waals surface area contributed by atoms with Gasteiger partial charge in [0.1, 0.15) is 0 Å². The van der Waals surface area contributed by atoms with Crippen LogP contribution in [0.4, 0.5) is 5.82 Å².